The minimum absolute atomic E-state index is 0.0304. The summed E-state index contributed by atoms with van der Waals surface area (Å²) in [7, 11) is 0. The Morgan fingerprint density at radius 2 is 1.40 bits per heavy atom. The molecule has 0 heterocycles. The quantitative estimate of drug-likeness (QED) is 0.703. The van der Waals surface area contributed by atoms with Gasteiger partial charge in [0.1, 0.15) is 5.75 Å². The standard InChI is InChI=1S/C22H19NO2/c24-21(22(15-16-22)17-9-3-1-4-10-17)23-19-13-7-8-14-20(19)25-18-11-5-2-6-12-18/h1-14H,15-16H2,(H,23,24). The number of hydrogen-bond acceptors (Lipinski definition) is 2. The fourth-order valence-electron chi connectivity index (χ4n) is 3.05. The zero-order chi connectivity index (χ0) is 17.1. The van der Waals surface area contributed by atoms with Crippen LogP contribution in [-0.4, -0.2) is 5.91 Å². The first kappa shape index (κ1) is 15.5. The van der Waals surface area contributed by atoms with Crippen molar-refractivity contribution in [1.29, 1.82) is 0 Å². The summed E-state index contributed by atoms with van der Waals surface area (Å²) in [5.41, 5.74) is 1.37. The number of hydrogen-bond donors (Lipinski definition) is 1. The van der Waals surface area contributed by atoms with Gasteiger partial charge in [0.25, 0.3) is 0 Å². The van der Waals surface area contributed by atoms with Gasteiger partial charge in [0.15, 0.2) is 5.75 Å². The van der Waals surface area contributed by atoms with Gasteiger partial charge in [0.05, 0.1) is 11.1 Å². The van der Waals surface area contributed by atoms with Crippen LogP contribution in [0.2, 0.25) is 0 Å². The van der Waals surface area contributed by atoms with Crippen LogP contribution in [0.4, 0.5) is 5.69 Å². The van der Waals surface area contributed by atoms with Gasteiger partial charge in [-0.2, -0.15) is 0 Å². The van der Waals surface area contributed by atoms with Crippen molar-refractivity contribution in [2.75, 3.05) is 5.32 Å². The van der Waals surface area contributed by atoms with Crippen molar-refractivity contribution >= 4 is 11.6 Å². The van der Waals surface area contributed by atoms with Gasteiger partial charge in [-0.25, -0.2) is 0 Å². The highest BCUT2D eigenvalue weighted by atomic mass is 16.5. The Hall–Kier alpha value is -3.07. The molecule has 3 heteroatoms. The molecule has 0 unspecified atom stereocenters. The van der Waals surface area contributed by atoms with Crippen LogP contribution in [0.3, 0.4) is 0 Å². The molecule has 3 aromatic carbocycles. The number of amides is 1. The molecule has 1 N–H and O–H groups in total. The van der Waals surface area contributed by atoms with Crippen LogP contribution in [0, 0.1) is 0 Å². The minimum atomic E-state index is -0.402. The number of ether oxygens (including phenoxy) is 1. The Bertz CT molecular complexity index is 871. The van der Waals surface area contributed by atoms with Gasteiger partial charge in [0.2, 0.25) is 5.91 Å². The summed E-state index contributed by atoms with van der Waals surface area (Å²) < 4.78 is 5.93. The molecular formula is C22H19NO2. The SMILES string of the molecule is O=C(Nc1ccccc1Oc1ccccc1)C1(c2ccccc2)CC1. The van der Waals surface area contributed by atoms with E-state index in [9.17, 15) is 4.79 Å². The summed E-state index contributed by atoms with van der Waals surface area (Å²) >= 11 is 0. The molecule has 0 aromatic heterocycles. The van der Waals surface area contributed by atoms with E-state index in [4.69, 9.17) is 4.74 Å². The van der Waals surface area contributed by atoms with Crippen LogP contribution in [0.5, 0.6) is 11.5 Å². The molecule has 1 saturated carbocycles. The van der Waals surface area contributed by atoms with Gasteiger partial charge in [-0.1, -0.05) is 60.7 Å². The molecule has 1 aliphatic carbocycles. The zero-order valence-electron chi connectivity index (χ0n) is 13.8. The molecule has 1 amide bonds. The van der Waals surface area contributed by atoms with Crippen LogP contribution in [0.15, 0.2) is 84.9 Å². The van der Waals surface area contributed by atoms with E-state index in [1.807, 2.05) is 84.9 Å². The largest absolute Gasteiger partial charge is 0.455 e. The third kappa shape index (κ3) is 3.13. The van der Waals surface area contributed by atoms with Crippen LogP contribution in [0.1, 0.15) is 18.4 Å². The normalized spacial score (nSPS) is 14.6. The third-order valence-corrected chi connectivity index (χ3v) is 4.62. The molecule has 1 fully saturated rings. The number of para-hydroxylation sites is 3. The van der Waals surface area contributed by atoms with Crippen LogP contribution >= 0.6 is 0 Å². The van der Waals surface area contributed by atoms with Crippen molar-refractivity contribution in [1.82, 2.24) is 0 Å². The van der Waals surface area contributed by atoms with Crippen molar-refractivity contribution in [3.8, 4) is 11.5 Å². The van der Waals surface area contributed by atoms with E-state index in [0.29, 0.717) is 11.4 Å². The fourth-order valence-corrected chi connectivity index (χ4v) is 3.05. The van der Waals surface area contributed by atoms with E-state index in [1.165, 1.54) is 0 Å². The number of carbonyl (C=O) groups is 1. The summed E-state index contributed by atoms with van der Waals surface area (Å²) in [6.07, 6.45) is 1.76. The molecule has 25 heavy (non-hydrogen) atoms. The maximum absolute atomic E-state index is 12.9. The van der Waals surface area contributed by atoms with E-state index in [-0.39, 0.29) is 5.91 Å². The lowest BCUT2D eigenvalue weighted by Crippen LogP contribution is -2.27. The van der Waals surface area contributed by atoms with Gasteiger partial charge in [0, 0.05) is 0 Å². The second-order valence-corrected chi connectivity index (χ2v) is 6.31. The first-order valence-electron chi connectivity index (χ1n) is 8.47. The molecule has 0 saturated heterocycles. The van der Waals surface area contributed by atoms with Crippen LogP contribution in [0.25, 0.3) is 0 Å². The summed E-state index contributed by atoms with van der Waals surface area (Å²) in [4.78, 5) is 12.9. The predicted molar refractivity (Wildman–Crippen MR) is 98.9 cm³/mol. The van der Waals surface area contributed by atoms with Gasteiger partial charge < -0.3 is 10.1 Å². The summed E-state index contributed by atoms with van der Waals surface area (Å²) in [5.74, 6) is 1.42. The summed E-state index contributed by atoms with van der Waals surface area (Å²) in [5, 5.41) is 3.07. The molecule has 0 bridgehead atoms. The number of rotatable bonds is 5. The molecule has 0 radical (unpaired) electrons. The van der Waals surface area contributed by atoms with Crippen LogP contribution < -0.4 is 10.1 Å². The Balaban J connectivity index is 1.56. The second-order valence-electron chi connectivity index (χ2n) is 6.31. The number of benzene rings is 3. The Labute approximate surface area is 147 Å². The van der Waals surface area contributed by atoms with E-state index in [1.54, 1.807) is 0 Å². The van der Waals surface area contributed by atoms with E-state index in [0.717, 1.165) is 24.2 Å². The Morgan fingerprint density at radius 1 is 0.800 bits per heavy atom. The van der Waals surface area contributed by atoms with Gasteiger partial charge in [-0.3, -0.25) is 4.79 Å². The average molecular weight is 329 g/mol. The molecule has 0 spiro atoms. The highest BCUT2D eigenvalue weighted by molar-refractivity contribution is 6.02. The Kier molecular flexibility index (Phi) is 3.98. The molecule has 124 valence electrons. The maximum Gasteiger partial charge on any atom is 0.235 e. The topological polar surface area (TPSA) is 38.3 Å². The summed E-state index contributed by atoms with van der Waals surface area (Å²) in [6.45, 7) is 0. The number of nitrogens with one attached hydrogen (secondary N) is 1. The molecule has 1 aliphatic rings. The average Bonchev–Trinajstić information content (AvgIpc) is 3.47. The highest BCUT2D eigenvalue weighted by Gasteiger charge is 2.51. The number of carbonyl (C=O) groups excluding carboxylic acids is 1. The van der Waals surface area contributed by atoms with E-state index < -0.39 is 5.41 Å². The predicted octanol–water partition coefficient (Wildman–Crippen LogP) is 5.15. The zero-order valence-corrected chi connectivity index (χ0v) is 13.8. The molecule has 0 atom stereocenters. The minimum Gasteiger partial charge on any atom is -0.455 e. The van der Waals surface area contributed by atoms with Crippen molar-refractivity contribution in [3.63, 3.8) is 0 Å². The summed E-state index contributed by atoms with van der Waals surface area (Å²) in [6, 6.07) is 27.1. The highest BCUT2D eigenvalue weighted by Crippen LogP contribution is 2.49. The van der Waals surface area contributed by atoms with Crippen molar-refractivity contribution in [2.45, 2.75) is 18.3 Å². The molecule has 3 nitrogen and oxygen atoms in total. The number of anilines is 1. The smallest absolute Gasteiger partial charge is 0.235 e. The van der Waals surface area contributed by atoms with Gasteiger partial charge >= 0.3 is 0 Å². The molecule has 4 rings (SSSR count). The van der Waals surface area contributed by atoms with Crippen LogP contribution in [-0.2, 0) is 10.2 Å². The molecule has 0 aliphatic heterocycles. The first-order chi connectivity index (χ1) is 12.3. The fraction of sp³-hybridized carbons (Fsp3) is 0.136. The molecule has 3 aromatic rings. The van der Waals surface area contributed by atoms with Crippen molar-refractivity contribution in [2.24, 2.45) is 0 Å². The lowest BCUT2D eigenvalue weighted by Gasteiger charge is -2.17. The van der Waals surface area contributed by atoms with E-state index in [2.05, 4.69) is 5.32 Å². The maximum atomic E-state index is 12.9. The first-order valence-corrected chi connectivity index (χ1v) is 8.47. The second kappa shape index (κ2) is 6.44. The lowest BCUT2D eigenvalue weighted by molar-refractivity contribution is -0.118. The monoisotopic (exact) mass is 329 g/mol. The lowest BCUT2D eigenvalue weighted by atomic mass is 9.95. The third-order valence-electron chi connectivity index (χ3n) is 4.62. The van der Waals surface area contributed by atoms with Crippen molar-refractivity contribution < 1.29 is 9.53 Å². The van der Waals surface area contributed by atoms with E-state index >= 15 is 0 Å². The molecular weight excluding hydrogens is 310 g/mol. The Morgan fingerprint density at radius 3 is 2.08 bits per heavy atom. The van der Waals surface area contributed by atoms with Gasteiger partial charge in [-0.15, -0.1) is 0 Å². The van der Waals surface area contributed by atoms with Crippen molar-refractivity contribution in [3.05, 3.63) is 90.5 Å². The van der Waals surface area contributed by atoms with Gasteiger partial charge in [-0.05, 0) is 42.7 Å².